The van der Waals surface area contributed by atoms with Crippen molar-refractivity contribution in [2.24, 2.45) is 0 Å². The Morgan fingerprint density at radius 3 is 0.727 bits per heavy atom. The van der Waals surface area contributed by atoms with E-state index in [1.807, 2.05) is 0 Å². The molecule has 0 N–H and O–H groups in total. The molecule has 0 radical (unpaired) electrons. The van der Waals surface area contributed by atoms with Crippen molar-refractivity contribution in [1.29, 1.82) is 0 Å². The molecule has 0 amide bonds. The van der Waals surface area contributed by atoms with Crippen LogP contribution in [0, 0.1) is 0 Å². The summed E-state index contributed by atoms with van der Waals surface area (Å²) in [7, 11) is 0. The normalized spacial score (nSPS) is 12.3. The molecule has 6 heteroatoms. The second kappa shape index (κ2) is 65.9. The van der Waals surface area contributed by atoms with Crippen LogP contribution in [0.4, 0.5) is 0 Å². The summed E-state index contributed by atoms with van der Waals surface area (Å²) < 4.78 is 17.0. The van der Waals surface area contributed by atoms with Gasteiger partial charge in [0.05, 0.1) is 0 Å². The third-order valence-electron chi connectivity index (χ3n) is 15.3. The number of carbonyl (C=O) groups is 3. The third kappa shape index (κ3) is 64.1. The van der Waals surface area contributed by atoms with Crippen LogP contribution in [-0.4, -0.2) is 37.2 Å². The molecule has 0 heterocycles. The van der Waals surface area contributed by atoms with Gasteiger partial charge in [0.25, 0.3) is 0 Å². The summed E-state index contributed by atoms with van der Waals surface area (Å²) in [4.78, 5) is 38.4. The number of carbonyl (C=O) groups excluding carboxylic acids is 3. The van der Waals surface area contributed by atoms with Crippen molar-refractivity contribution in [2.45, 2.75) is 374 Å². The lowest BCUT2D eigenvalue weighted by Crippen LogP contribution is -2.30. The molecule has 77 heavy (non-hydrogen) atoms. The van der Waals surface area contributed by atoms with E-state index in [1.54, 1.807) is 0 Å². The highest BCUT2D eigenvalue weighted by Crippen LogP contribution is 2.18. The number of esters is 3. The summed E-state index contributed by atoms with van der Waals surface area (Å²) in [5.74, 6) is -0.870. The van der Waals surface area contributed by atoms with Gasteiger partial charge in [-0.25, -0.2) is 0 Å². The summed E-state index contributed by atoms with van der Waals surface area (Å²) in [6.45, 7) is 6.66. The van der Waals surface area contributed by atoms with Crippen LogP contribution in [0.3, 0.4) is 0 Å². The van der Waals surface area contributed by atoms with Gasteiger partial charge in [0.15, 0.2) is 6.10 Å². The zero-order valence-corrected chi connectivity index (χ0v) is 51.7. The maximum absolute atomic E-state index is 12.9. The number of unbranched alkanes of at least 4 members (excludes halogenated alkanes) is 44. The molecule has 0 saturated heterocycles. The molecule has 0 fully saturated rings. The summed E-state index contributed by atoms with van der Waals surface area (Å²) in [6.07, 6.45) is 82.7. The molecular weight excluding hydrogens is 949 g/mol. The van der Waals surface area contributed by atoms with Crippen molar-refractivity contribution in [3.63, 3.8) is 0 Å². The highest BCUT2D eigenvalue weighted by molar-refractivity contribution is 5.71. The van der Waals surface area contributed by atoms with Crippen LogP contribution in [0.2, 0.25) is 0 Å². The predicted molar refractivity (Wildman–Crippen MR) is 335 cm³/mol. The fourth-order valence-electron chi connectivity index (χ4n) is 10.2. The molecule has 0 aromatic rings. The fourth-order valence-corrected chi connectivity index (χ4v) is 10.2. The second-order valence-electron chi connectivity index (χ2n) is 23.1. The minimum atomic E-state index is -0.781. The first-order valence-corrected chi connectivity index (χ1v) is 34.1. The molecule has 0 saturated carbocycles. The number of hydrogen-bond donors (Lipinski definition) is 0. The van der Waals surface area contributed by atoms with Gasteiger partial charge in [-0.1, -0.05) is 313 Å². The van der Waals surface area contributed by atoms with Crippen molar-refractivity contribution in [2.75, 3.05) is 13.2 Å². The zero-order valence-electron chi connectivity index (χ0n) is 51.7. The highest BCUT2D eigenvalue weighted by atomic mass is 16.6. The molecular formula is C71H130O6. The first-order valence-electron chi connectivity index (χ1n) is 34.1. The Morgan fingerprint density at radius 2 is 0.468 bits per heavy atom. The molecule has 0 bridgehead atoms. The Morgan fingerprint density at radius 1 is 0.260 bits per heavy atom. The molecule has 0 rings (SSSR count). The van der Waals surface area contributed by atoms with Crippen molar-refractivity contribution in [1.82, 2.24) is 0 Å². The molecule has 0 aliphatic heterocycles. The minimum Gasteiger partial charge on any atom is -0.462 e. The maximum Gasteiger partial charge on any atom is 0.306 e. The van der Waals surface area contributed by atoms with E-state index in [2.05, 4.69) is 69.4 Å². The van der Waals surface area contributed by atoms with Gasteiger partial charge in [-0.3, -0.25) is 14.4 Å². The molecule has 0 aliphatic rings. The summed E-state index contributed by atoms with van der Waals surface area (Å²) >= 11 is 0. The van der Waals surface area contributed by atoms with Crippen LogP contribution in [-0.2, 0) is 28.6 Å². The molecule has 1 atom stereocenters. The van der Waals surface area contributed by atoms with Crippen LogP contribution in [0.5, 0.6) is 0 Å². The van der Waals surface area contributed by atoms with Crippen molar-refractivity contribution in [3.8, 4) is 0 Å². The Labute approximate surface area is 479 Å². The molecule has 450 valence electrons. The van der Waals surface area contributed by atoms with E-state index >= 15 is 0 Å². The van der Waals surface area contributed by atoms with Gasteiger partial charge in [0.1, 0.15) is 13.2 Å². The smallest absolute Gasteiger partial charge is 0.306 e. The average Bonchev–Trinajstić information content (AvgIpc) is 3.43. The van der Waals surface area contributed by atoms with E-state index < -0.39 is 6.10 Å². The highest BCUT2D eigenvalue weighted by Gasteiger charge is 2.19. The van der Waals surface area contributed by atoms with E-state index in [0.717, 1.165) is 83.5 Å². The van der Waals surface area contributed by atoms with E-state index in [1.165, 1.54) is 244 Å². The monoisotopic (exact) mass is 1080 g/mol. The van der Waals surface area contributed by atoms with Gasteiger partial charge in [0.2, 0.25) is 0 Å². The van der Waals surface area contributed by atoms with Gasteiger partial charge in [-0.15, -0.1) is 0 Å². The Kier molecular flexibility index (Phi) is 63.6. The van der Waals surface area contributed by atoms with Crippen LogP contribution >= 0.6 is 0 Å². The van der Waals surface area contributed by atoms with E-state index in [-0.39, 0.29) is 31.1 Å². The average molecular weight is 1080 g/mol. The quantitative estimate of drug-likeness (QED) is 0.0261. The first-order chi connectivity index (χ1) is 38.0. The number of hydrogen-bond acceptors (Lipinski definition) is 6. The fraction of sp³-hybridized carbons (Fsp3) is 0.845. The lowest BCUT2D eigenvalue weighted by atomic mass is 10.0. The number of rotatable bonds is 63. The van der Waals surface area contributed by atoms with E-state index in [9.17, 15) is 14.4 Å². The molecule has 0 aromatic heterocycles. The van der Waals surface area contributed by atoms with Crippen molar-refractivity contribution in [3.05, 3.63) is 48.6 Å². The van der Waals surface area contributed by atoms with Crippen LogP contribution in [0.25, 0.3) is 0 Å². The van der Waals surface area contributed by atoms with E-state index in [0.29, 0.717) is 19.3 Å². The number of allylic oxidation sites excluding steroid dienone is 8. The summed E-state index contributed by atoms with van der Waals surface area (Å²) in [5.41, 5.74) is 0. The largest absolute Gasteiger partial charge is 0.462 e. The van der Waals surface area contributed by atoms with Gasteiger partial charge in [-0.05, 0) is 83.5 Å². The lowest BCUT2D eigenvalue weighted by molar-refractivity contribution is -0.167. The zero-order chi connectivity index (χ0) is 55.7. The second-order valence-corrected chi connectivity index (χ2v) is 23.1. The van der Waals surface area contributed by atoms with E-state index in [4.69, 9.17) is 14.2 Å². The van der Waals surface area contributed by atoms with Gasteiger partial charge >= 0.3 is 17.9 Å². The van der Waals surface area contributed by atoms with Crippen molar-refractivity contribution >= 4 is 17.9 Å². The maximum atomic E-state index is 12.9. The van der Waals surface area contributed by atoms with Crippen LogP contribution < -0.4 is 0 Å². The first kappa shape index (κ1) is 74.4. The Bertz CT molecular complexity index is 1330. The third-order valence-corrected chi connectivity index (χ3v) is 15.3. The minimum absolute atomic E-state index is 0.0755. The summed E-state index contributed by atoms with van der Waals surface area (Å²) in [5, 5.41) is 0. The Balaban J connectivity index is 4.33. The topological polar surface area (TPSA) is 78.9 Å². The van der Waals surface area contributed by atoms with Gasteiger partial charge < -0.3 is 14.2 Å². The predicted octanol–water partition coefficient (Wildman–Crippen LogP) is 23.3. The number of ether oxygens (including phenoxy) is 3. The van der Waals surface area contributed by atoms with Crippen LogP contribution in [0.1, 0.15) is 367 Å². The standard InChI is InChI=1S/C71H130O6/c1-4-7-10-13-16-19-22-25-28-31-33-35-37-38-40-43-46-49-52-55-58-61-64-70(73)76-67-68(66-75-69(72)63-60-57-54-51-48-45-42-30-27-24-21-18-15-12-9-6-3)77-71(74)65-62-59-56-53-50-47-44-41-39-36-34-32-29-26-23-20-17-14-11-8-5-2/h21,23-24,26,30,32,34,42,68H,4-20,22,25,27-29,31,33,35-41,43-67H2,1-3H3/b24-21-,26-23-,34-32-,42-30-. The molecule has 0 aliphatic carbocycles. The van der Waals surface area contributed by atoms with Crippen LogP contribution in [0.15, 0.2) is 48.6 Å². The van der Waals surface area contributed by atoms with Gasteiger partial charge in [-0.2, -0.15) is 0 Å². The van der Waals surface area contributed by atoms with Gasteiger partial charge in [0, 0.05) is 19.3 Å². The lowest BCUT2D eigenvalue weighted by Gasteiger charge is -2.18. The molecule has 6 nitrogen and oxygen atoms in total. The molecule has 0 spiro atoms. The Hall–Kier alpha value is -2.63. The SMILES string of the molecule is CCCCCC/C=C\C/C=C\CCCCCCCC(=O)OCC(COC(=O)CCCCCCCCCCCCCCCCCCCCCCCC)OC(=O)CCCCCCCCCCC/C=C\C/C=C\CCCCCCC. The molecule has 1 unspecified atom stereocenters. The van der Waals surface area contributed by atoms with Crippen molar-refractivity contribution < 1.29 is 28.6 Å². The molecule has 0 aromatic carbocycles. The summed E-state index contributed by atoms with van der Waals surface area (Å²) in [6, 6.07) is 0.